The van der Waals surface area contributed by atoms with Gasteiger partial charge < -0.3 is 4.74 Å². The zero-order valence-electron chi connectivity index (χ0n) is 7.28. The number of ketones is 1. The van der Waals surface area contributed by atoms with Crippen molar-refractivity contribution in [3.05, 3.63) is 18.0 Å². The fourth-order valence-electron chi connectivity index (χ4n) is 0.895. The maximum atomic E-state index is 11.2. The molecule has 1 heterocycles. The van der Waals surface area contributed by atoms with Gasteiger partial charge in [-0.15, -0.1) is 0 Å². The van der Waals surface area contributed by atoms with Gasteiger partial charge in [-0.3, -0.25) is 9.48 Å². The molecule has 0 unspecified atom stereocenters. The van der Waals surface area contributed by atoms with E-state index in [2.05, 4.69) is 5.10 Å². The second-order valence-electron chi connectivity index (χ2n) is 2.44. The largest absolute Gasteiger partial charge is 0.377 e. The fraction of sp³-hybridized carbons (Fsp3) is 0.500. The van der Waals surface area contributed by atoms with Crippen LogP contribution in [0.2, 0.25) is 0 Å². The molecule has 0 fully saturated rings. The van der Waals surface area contributed by atoms with Crippen LogP contribution in [-0.4, -0.2) is 29.3 Å². The number of carbonyl (C=O) groups is 1. The lowest BCUT2D eigenvalue weighted by Gasteiger charge is -1.93. The highest BCUT2D eigenvalue weighted by atomic mass is 16.5. The first-order valence-electron chi connectivity index (χ1n) is 3.82. The average Bonchev–Trinajstić information content (AvgIpc) is 2.52. The van der Waals surface area contributed by atoms with Crippen molar-refractivity contribution < 1.29 is 9.53 Å². The Hall–Kier alpha value is -1.16. The predicted molar refractivity (Wildman–Crippen MR) is 44.1 cm³/mol. The summed E-state index contributed by atoms with van der Waals surface area (Å²) in [5, 5.41) is 3.98. The Morgan fingerprint density at radius 1 is 1.75 bits per heavy atom. The van der Waals surface area contributed by atoms with Crippen molar-refractivity contribution in [3.8, 4) is 0 Å². The number of carbonyl (C=O) groups excluding carboxylic acids is 1. The van der Waals surface area contributed by atoms with Crippen molar-refractivity contribution in [1.82, 2.24) is 9.78 Å². The van der Waals surface area contributed by atoms with Gasteiger partial charge in [-0.05, 0) is 6.92 Å². The number of hydrogen-bond donors (Lipinski definition) is 0. The molecular weight excluding hydrogens is 156 g/mol. The monoisotopic (exact) mass is 168 g/mol. The van der Waals surface area contributed by atoms with E-state index < -0.39 is 0 Å². The Labute approximate surface area is 71.1 Å². The Kier molecular flexibility index (Phi) is 2.99. The topological polar surface area (TPSA) is 44.1 Å². The minimum Gasteiger partial charge on any atom is -0.377 e. The molecule has 0 spiro atoms. The van der Waals surface area contributed by atoms with Crippen LogP contribution in [0.3, 0.4) is 0 Å². The minimum absolute atomic E-state index is 0.0304. The molecule has 0 saturated carbocycles. The lowest BCUT2D eigenvalue weighted by atomic mass is 10.2. The van der Waals surface area contributed by atoms with E-state index in [-0.39, 0.29) is 12.4 Å². The Balaban J connectivity index is 2.68. The van der Waals surface area contributed by atoms with Gasteiger partial charge in [-0.1, -0.05) is 0 Å². The molecule has 0 amide bonds. The zero-order chi connectivity index (χ0) is 8.97. The van der Waals surface area contributed by atoms with E-state index in [1.54, 1.807) is 17.1 Å². The van der Waals surface area contributed by atoms with Crippen LogP contribution in [0.1, 0.15) is 17.3 Å². The number of ether oxygens (including phenoxy) is 1. The van der Waals surface area contributed by atoms with Crippen LogP contribution in [0, 0.1) is 0 Å². The molecule has 4 nitrogen and oxygen atoms in total. The third-order valence-electron chi connectivity index (χ3n) is 1.55. The fourth-order valence-corrected chi connectivity index (χ4v) is 0.895. The van der Waals surface area contributed by atoms with Crippen LogP contribution < -0.4 is 0 Å². The van der Waals surface area contributed by atoms with Crippen molar-refractivity contribution in [2.24, 2.45) is 0 Å². The first kappa shape index (κ1) is 8.93. The van der Waals surface area contributed by atoms with Gasteiger partial charge in [0.25, 0.3) is 0 Å². The quantitative estimate of drug-likeness (QED) is 0.622. The third kappa shape index (κ3) is 1.92. The lowest BCUT2D eigenvalue weighted by Crippen LogP contribution is -2.05. The molecule has 1 rings (SSSR count). The number of methoxy groups -OCH3 is 1. The molecule has 1 aromatic heterocycles. The first-order valence-corrected chi connectivity index (χ1v) is 3.82. The van der Waals surface area contributed by atoms with E-state index in [1.807, 2.05) is 6.92 Å². The van der Waals surface area contributed by atoms with Gasteiger partial charge in [-0.2, -0.15) is 5.10 Å². The summed E-state index contributed by atoms with van der Waals surface area (Å²) in [7, 11) is 1.50. The molecule has 0 aliphatic carbocycles. The van der Waals surface area contributed by atoms with E-state index in [9.17, 15) is 4.79 Å². The molecule has 0 saturated heterocycles. The minimum atomic E-state index is -0.0304. The van der Waals surface area contributed by atoms with Crippen molar-refractivity contribution in [3.63, 3.8) is 0 Å². The SMILES string of the molecule is CCn1cc(C(=O)COC)cn1. The van der Waals surface area contributed by atoms with Gasteiger partial charge in [-0.25, -0.2) is 0 Å². The summed E-state index contributed by atoms with van der Waals surface area (Å²) in [5.74, 6) is -0.0304. The summed E-state index contributed by atoms with van der Waals surface area (Å²) in [6.07, 6.45) is 3.28. The molecule has 12 heavy (non-hydrogen) atoms. The normalized spacial score (nSPS) is 10.2. The smallest absolute Gasteiger partial charge is 0.191 e. The lowest BCUT2D eigenvalue weighted by molar-refractivity contribution is 0.0848. The number of Topliss-reactive ketones (excluding diaryl/α,β-unsaturated/α-hetero) is 1. The highest BCUT2D eigenvalue weighted by molar-refractivity contribution is 5.96. The highest BCUT2D eigenvalue weighted by Crippen LogP contribution is 1.98. The number of rotatable bonds is 4. The summed E-state index contributed by atoms with van der Waals surface area (Å²) >= 11 is 0. The zero-order valence-corrected chi connectivity index (χ0v) is 7.28. The molecule has 1 aromatic rings. The Morgan fingerprint density at radius 2 is 2.50 bits per heavy atom. The van der Waals surface area contributed by atoms with Gasteiger partial charge in [0.15, 0.2) is 5.78 Å². The summed E-state index contributed by atoms with van der Waals surface area (Å²) in [4.78, 5) is 11.2. The molecule has 0 N–H and O–H groups in total. The maximum absolute atomic E-state index is 11.2. The van der Waals surface area contributed by atoms with E-state index >= 15 is 0 Å². The molecule has 66 valence electrons. The van der Waals surface area contributed by atoms with E-state index in [0.717, 1.165) is 6.54 Å². The second kappa shape index (κ2) is 4.01. The van der Waals surface area contributed by atoms with Crippen LogP contribution in [0.5, 0.6) is 0 Å². The van der Waals surface area contributed by atoms with E-state index in [1.165, 1.54) is 7.11 Å². The molecule has 0 aromatic carbocycles. The van der Waals surface area contributed by atoms with Crippen LogP contribution in [0.25, 0.3) is 0 Å². The Morgan fingerprint density at radius 3 is 3.00 bits per heavy atom. The molecular formula is C8H12N2O2. The van der Waals surface area contributed by atoms with E-state index in [0.29, 0.717) is 5.56 Å². The molecule has 0 bridgehead atoms. The van der Waals surface area contributed by atoms with Gasteiger partial charge in [0, 0.05) is 19.9 Å². The third-order valence-corrected chi connectivity index (χ3v) is 1.55. The molecule has 0 atom stereocenters. The summed E-state index contributed by atoms with van der Waals surface area (Å²) in [6, 6.07) is 0. The molecule has 0 aliphatic rings. The van der Waals surface area contributed by atoms with E-state index in [4.69, 9.17) is 4.74 Å². The predicted octanol–water partition coefficient (Wildman–Crippen LogP) is 0.732. The molecule has 4 heteroatoms. The van der Waals surface area contributed by atoms with Crippen molar-refractivity contribution in [1.29, 1.82) is 0 Å². The van der Waals surface area contributed by atoms with Gasteiger partial charge in [0.05, 0.1) is 11.8 Å². The van der Waals surface area contributed by atoms with Crippen LogP contribution in [0.4, 0.5) is 0 Å². The van der Waals surface area contributed by atoms with Gasteiger partial charge in [0.2, 0.25) is 0 Å². The first-order chi connectivity index (χ1) is 5.77. The van der Waals surface area contributed by atoms with Gasteiger partial charge >= 0.3 is 0 Å². The summed E-state index contributed by atoms with van der Waals surface area (Å²) in [5.41, 5.74) is 0.610. The van der Waals surface area contributed by atoms with Gasteiger partial charge in [0.1, 0.15) is 6.61 Å². The van der Waals surface area contributed by atoms with Crippen molar-refractivity contribution in [2.45, 2.75) is 13.5 Å². The number of nitrogens with zero attached hydrogens (tertiary/aromatic N) is 2. The standard InChI is InChI=1S/C8H12N2O2/c1-3-10-5-7(4-9-10)8(11)6-12-2/h4-5H,3,6H2,1-2H3. The number of aromatic nitrogens is 2. The number of aryl methyl sites for hydroxylation is 1. The summed E-state index contributed by atoms with van der Waals surface area (Å²) < 4.78 is 6.43. The van der Waals surface area contributed by atoms with Crippen LogP contribution in [0.15, 0.2) is 12.4 Å². The van der Waals surface area contributed by atoms with Crippen molar-refractivity contribution >= 4 is 5.78 Å². The number of hydrogen-bond acceptors (Lipinski definition) is 3. The van der Waals surface area contributed by atoms with Crippen molar-refractivity contribution in [2.75, 3.05) is 13.7 Å². The second-order valence-corrected chi connectivity index (χ2v) is 2.44. The van der Waals surface area contributed by atoms with Crippen LogP contribution >= 0.6 is 0 Å². The summed E-state index contributed by atoms with van der Waals surface area (Å²) in [6.45, 7) is 2.87. The average molecular weight is 168 g/mol. The Bertz CT molecular complexity index is 268. The molecule has 0 aliphatic heterocycles. The van der Waals surface area contributed by atoms with Crippen LogP contribution in [-0.2, 0) is 11.3 Å². The highest BCUT2D eigenvalue weighted by Gasteiger charge is 2.06. The molecule has 0 radical (unpaired) electrons. The maximum Gasteiger partial charge on any atom is 0.191 e.